The topological polar surface area (TPSA) is 64.1 Å². The maximum Gasteiger partial charge on any atom is 0.191 e. The summed E-state index contributed by atoms with van der Waals surface area (Å²) in [4.78, 5) is 4.14. The van der Waals surface area contributed by atoms with E-state index in [0.717, 1.165) is 13.0 Å². The van der Waals surface area contributed by atoms with E-state index in [9.17, 15) is 4.39 Å². The summed E-state index contributed by atoms with van der Waals surface area (Å²) in [5.74, 6) is 0.569. The fraction of sp³-hybridized carbons (Fsp3) is 0.588. The molecule has 0 radical (unpaired) electrons. The molecule has 0 saturated carbocycles. The SMILES string of the molecule is CN=C(NCCCOCCOC)NCC(C)Oc1ccccc1F.I. The first-order chi connectivity index (χ1) is 11.7. The molecule has 0 aromatic heterocycles. The van der Waals surface area contributed by atoms with Gasteiger partial charge in [-0.1, -0.05) is 12.1 Å². The van der Waals surface area contributed by atoms with Gasteiger partial charge < -0.3 is 24.8 Å². The van der Waals surface area contributed by atoms with Gasteiger partial charge in [-0.15, -0.1) is 24.0 Å². The minimum atomic E-state index is -0.361. The van der Waals surface area contributed by atoms with E-state index in [1.807, 2.05) is 6.92 Å². The molecule has 0 bridgehead atoms. The molecule has 0 fully saturated rings. The van der Waals surface area contributed by atoms with Gasteiger partial charge in [0.15, 0.2) is 17.5 Å². The third-order valence-corrected chi connectivity index (χ3v) is 3.14. The molecule has 1 atom stereocenters. The quantitative estimate of drug-likeness (QED) is 0.226. The minimum absolute atomic E-state index is 0. The van der Waals surface area contributed by atoms with Gasteiger partial charge in [0, 0.05) is 27.3 Å². The molecular formula is C17H29FIN3O3. The Morgan fingerprint density at radius 2 is 1.96 bits per heavy atom. The molecule has 1 unspecified atom stereocenters. The first-order valence-corrected chi connectivity index (χ1v) is 8.09. The fourth-order valence-corrected chi connectivity index (χ4v) is 1.89. The van der Waals surface area contributed by atoms with Crippen molar-refractivity contribution in [1.82, 2.24) is 10.6 Å². The highest BCUT2D eigenvalue weighted by Crippen LogP contribution is 2.16. The molecule has 8 heteroatoms. The van der Waals surface area contributed by atoms with Gasteiger partial charge in [-0.25, -0.2) is 4.39 Å². The highest BCUT2D eigenvalue weighted by molar-refractivity contribution is 14.0. The largest absolute Gasteiger partial charge is 0.486 e. The van der Waals surface area contributed by atoms with E-state index in [1.54, 1.807) is 32.4 Å². The van der Waals surface area contributed by atoms with Crippen molar-refractivity contribution >= 4 is 29.9 Å². The molecule has 1 aromatic rings. The summed E-state index contributed by atoms with van der Waals surface area (Å²) in [5.41, 5.74) is 0. The fourth-order valence-electron chi connectivity index (χ4n) is 1.89. The minimum Gasteiger partial charge on any atom is -0.486 e. The maximum atomic E-state index is 13.5. The molecule has 2 N–H and O–H groups in total. The number of methoxy groups -OCH3 is 1. The Hall–Kier alpha value is -1.13. The summed E-state index contributed by atoms with van der Waals surface area (Å²) in [7, 11) is 3.35. The molecule has 0 heterocycles. The highest BCUT2D eigenvalue weighted by Gasteiger charge is 2.08. The van der Waals surface area contributed by atoms with Crippen molar-refractivity contribution in [3.8, 4) is 5.75 Å². The lowest BCUT2D eigenvalue weighted by atomic mass is 10.3. The maximum absolute atomic E-state index is 13.5. The van der Waals surface area contributed by atoms with E-state index in [-0.39, 0.29) is 41.6 Å². The number of ether oxygens (including phenoxy) is 3. The average Bonchev–Trinajstić information content (AvgIpc) is 2.58. The zero-order valence-electron chi connectivity index (χ0n) is 15.1. The summed E-state index contributed by atoms with van der Waals surface area (Å²) in [6, 6.07) is 6.37. The molecular weight excluding hydrogens is 440 g/mol. The molecule has 6 nitrogen and oxygen atoms in total. The normalized spacial score (nSPS) is 12.2. The Kier molecular flexibility index (Phi) is 14.5. The van der Waals surface area contributed by atoms with Crippen LogP contribution in [0.2, 0.25) is 0 Å². The highest BCUT2D eigenvalue weighted by atomic mass is 127. The number of nitrogens with zero attached hydrogens (tertiary/aromatic N) is 1. The predicted molar refractivity (Wildman–Crippen MR) is 109 cm³/mol. The van der Waals surface area contributed by atoms with E-state index in [0.29, 0.717) is 32.3 Å². The van der Waals surface area contributed by atoms with Gasteiger partial charge in [0.05, 0.1) is 19.8 Å². The third kappa shape index (κ3) is 11.2. The molecule has 0 aliphatic heterocycles. The van der Waals surface area contributed by atoms with Crippen LogP contribution in [0.5, 0.6) is 5.75 Å². The molecule has 144 valence electrons. The number of rotatable bonds is 11. The lowest BCUT2D eigenvalue weighted by Gasteiger charge is -2.18. The second-order valence-corrected chi connectivity index (χ2v) is 5.20. The van der Waals surface area contributed by atoms with Crippen LogP contribution in [0.3, 0.4) is 0 Å². The summed E-state index contributed by atoms with van der Waals surface area (Å²) in [6.45, 7) is 5.01. The van der Waals surface area contributed by atoms with Gasteiger partial charge in [0.1, 0.15) is 6.10 Å². The number of halogens is 2. The predicted octanol–water partition coefficient (Wildman–Crippen LogP) is 2.43. The zero-order chi connectivity index (χ0) is 17.6. The summed E-state index contributed by atoms with van der Waals surface area (Å²) in [5, 5.41) is 6.34. The third-order valence-electron chi connectivity index (χ3n) is 3.14. The Morgan fingerprint density at radius 3 is 2.64 bits per heavy atom. The monoisotopic (exact) mass is 469 g/mol. The van der Waals surface area contributed by atoms with Crippen molar-refractivity contribution in [2.75, 3.05) is 47.1 Å². The molecule has 0 spiro atoms. The number of nitrogens with one attached hydrogen (secondary N) is 2. The van der Waals surface area contributed by atoms with Crippen LogP contribution < -0.4 is 15.4 Å². The molecule has 0 amide bonds. The van der Waals surface area contributed by atoms with Gasteiger partial charge in [-0.2, -0.15) is 0 Å². The van der Waals surface area contributed by atoms with E-state index in [2.05, 4.69) is 15.6 Å². The molecule has 1 aromatic carbocycles. The Labute approximate surface area is 166 Å². The van der Waals surface area contributed by atoms with Gasteiger partial charge in [-0.3, -0.25) is 4.99 Å². The lowest BCUT2D eigenvalue weighted by Crippen LogP contribution is -2.42. The molecule has 0 saturated heterocycles. The van der Waals surface area contributed by atoms with Crippen molar-refractivity contribution in [3.05, 3.63) is 30.1 Å². The van der Waals surface area contributed by atoms with E-state index < -0.39 is 0 Å². The molecule has 1 rings (SSSR count). The second kappa shape index (κ2) is 15.2. The van der Waals surface area contributed by atoms with E-state index >= 15 is 0 Å². The van der Waals surface area contributed by atoms with Gasteiger partial charge in [0.2, 0.25) is 0 Å². The number of hydrogen-bond acceptors (Lipinski definition) is 4. The number of para-hydroxylation sites is 1. The Balaban J connectivity index is 0.00000576. The van der Waals surface area contributed by atoms with Crippen LogP contribution >= 0.6 is 24.0 Å². The lowest BCUT2D eigenvalue weighted by molar-refractivity contribution is 0.0698. The number of guanidine groups is 1. The van der Waals surface area contributed by atoms with E-state index in [1.165, 1.54) is 6.07 Å². The molecule has 25 heavy (non-hydrogen) atoms. The molecule has 0 aliphatic carbocycles. The van der Waals surface area contributed by atoms with Gasteiger partial charge >= 0.3 is 0 Å². The van der Waals surface area contributed by atoms with Crippen LogP contribution in [0.25, 0.3) is 0 Å². The van der Waals surface area contributed by atoms with Crippen LogP contribution in [0.15, 0.2) is 29.3 Å². The van der Waals surface area contributed by atoms with E-state index in [4.69, 9.17) is 14.2 Å². The first kappa shape index (κ1) is 23.9. The van der Waals surface area contributed by atoms with Crippen molar-refractivity contribution < 1.29 is 18.6 Å². The zero-order valence-corrected chi connectivity index (χ0v) is 17.4. The standard InChI is InChI=1S/C17H28FN3O3.HI/c1-14(24-16-8-5-4-7-15(16)18)13-21-17(19-2)20-9-6-10-23-12-11-22-3;/h4-5,7-8,14H,6,9-13H2,1-3H3,(H2,19,20,21);1H. The van der Waals surface area contributed by atoms with Crippen molar-refractivity contribution in [2.24, 2.45) is 4.99 Å². The summed E-state index contributed by atoms with van der Waals surface area (Å²) < 4.78 is 29.4. The smallest absolute Gasteiger partial charge is 0.191 e. The molecule has 0 aliphatic rings. The van der Waals surface area contributed by atoms with Crippen molar-refractivity contribution in [1.29, 1.82) is 0 Å². The van der Waals surface area contributed by atoms with Crippen LogP contribution in [0.4, 0.5) is 4.39 Å². The average molecular weight is 469 g/mol. The Morgan fingerprint density at radius 1 is 1.20 bits per heavy atom. The number of hydrogen-bond donors (Lipinski definition) is 2. The van der Waals surface area contributed by atoms with Crippen LogP contribution in [-0.4, -0.2) is 59.1 Å². The van der Waals surface area contributed by atoms with Crippen LogP contribution in [-0.2, 0) is 9.47 Å². The second-order valence-electron chi connectivity index (χ2n) is 5.20. The van der Waals surface area contributed by atoms with Gasteiger partial charge in [-0.05, 0) is 25.5 Å². The summed E-state index contributed by atoms with van der Waals surface area (Å²) >= 11 is 0. The Bertz CT molecular complexity index is 492. The van der Waals surface area contributed by atoms with Gasteiger partial charge in [0.25, 0.3) is 0 Å². The van der Waals surface area contributed by atoms with Crippen molar-refractivity contribution in [3.63, 3.8) is 0 Å². The van der Waals surface area contributed by atoms with Crippen molar-refractivity contribution in [2.45, 2.75) is 19.4 Å². The van der Waals surface area contributed by atoms with Crippen LogP contribution in [0.1, 0.15) is 13.3 Å². The first-order valence-electron chi connectivity index (χ1n) is 8.09. The number of benzene rings is 1. The summed E-state index contributed by atoms with van der Waals surface area (Å²) in [6.07, 6.45) is 0.670. The van der Waals surface area contributed by atoms with Crippen LogP contribution in [0, 0.1) is 5.82 Å². The number of aliphatic imine (C=N–C) groups is 1.